The standard InChI is InChI=1S/C15H12FN5O2/c16-11-3-1-4-12(9-11)18-14(22)10-21-15(23)6-5-13(19-21)20-8-2-7-17-20/h1-9H,10H2,(H,18,22). The minimum atomic E-state index is -0.484. The van der Waals surface area contributed by atoms with Crippen molar-refractivity contribution in [2.45, 2.75) is 6.54 Å². The van der Waals surface area contributed by atoms with E-state index >= 15 is 0 Å². The van der Waals surface area contributed by atoms with Crippen molar-refractivity contribution in [2.24, 2.45) is 0 Å². The van der Waals surface area contributed by atoms with Crippen molar-refractivity contribution in [1.29, 1.82) is 0 Å². The molecule has 116 valence electrons. The summed E-state index contributed by atoms with van der Waals surface area (Å²) in [5.41, 5.74) is -0.110. The molecule has 0 saturated carbocycles. The third kappa shape index (κ3) is 3.49. The quantitative estimate of drug-likeness (QED) is 0.785. The predicted molar refractivity (Wildman–Crippen MR) is 80.6 cm³/mol. The molecule has 7 nitrogen and oxygen atoms in total. The Morgan fingerprint density at radius 3 is 2.83 bits per heavy atom. The molecule has 3 aromatic rings. The highest BCUT2D eigenvalue weighted by Gasteiger charge is 2.08. The highest BCUT2D eigenvalue weighted by atomic mass is 19.1. The van der Waals surface area contributed by atoms with Gasteiger partial charge >= 0.3 is 0 Å². The van der Waals surface area contributed by atoms with E-state index < -0.39 is 17.3 Å². The molecule has 0 atom stereocenters. The van der Waals surface area contributed by atoms with Gasteiger partial charge in [-0.15, -0.1) is 5.10 Å². The van der Waals surface area contributed by atoms with Crippen molar-refractivity contribution in [3.05, 3.63) is 71.0 Å². The van der Waals surface area contributed by atoms with Crippen LogP contribution >= 0.6 is 0 Å². The van der Waals surface area contributed by atoms with E-state index in [9.17, 15) is 14.0 Å². The van der Waals surface area contributed by atoms with Crippen LogP contribution in [0.15, 0.2) is 59.7 Å². The molecule has 2 aromatic heterocycles. The molecule has 0 spiro atoms. The maximum absolute atomic E-state index is 13.1. The van der Waals surface area contributed by atoms with Gasteiger partial charge < -0.3 is 5.32 Å². The van der Waals surface area contributed by atoms with Crippen LogP contribution in [0.3, 0.4) is 0 Å². The lowest BCUT2D eigenvalue weighted by Gasteiger charge is -2.08. The van der Waals surface area contributed by atoms with Crippen LogP contribution in [0.25, 0.3) is 5.82 Å². The van der Waals surface area contributed by atoms with E-state index in [2.05, 4.69) is 15.5 Å². The first-order valence-corrected chi connectivity index (χ1v) is 6.75. The SMILES string of the molecule is O=C(Cn1nc(-n2cccn2)ccc1=O)Nc1cccc(F)c1. The summed E-state index contributed by atoms with van der Waals surface area (Å²) in [5, 5.41) is 10.6. The monoisotopic (exact) mass is 313 g/mol. The second kappa shape index (κ2) is 6.22. The number of rotatable bonds is 4. The van der Waals surface area contributed by atoms with Gasteiger partial charge in [-0.25, -0.2) is 13.8 Å². The Bertz CT molecular complexity index is 889. The van der Waals surface area contributed by atoms with Crippen LogP contribution in [0.4, 0.5) is 10.1 Å². The Kier molecular flexibility index (Phi) is 3.96. The molecule has 2 heterocycles. The molecular weight excluding hydrogens is 301 g/mol. The topological polar surface area (TPSA) is 81.8 Å². The molecule has 0 saturated heterocycles. The molecule has 3 rings (SSSR count). The van der Waals surface area contributed by atoms with Gasteiger partial charge in [-0.2, -0.15) is 5.10 Å². The van der Waals surface area contributed by atoms with Gasteiger partial charge in [-0.3, -0.25) is 9.59 Å². The molecule has 0 fully saturated rings. The number of hydrogen-bond acceptors (Lipinski definition) is 4. The summed E-state index contributed by atoms with van der Waals surface area (Å²) < 4.78 is 15.6. The van der Waals surface area contributed by atoms with E-state index in [4.69, 9.17) is 0 Å². The molecule has 0 radical (unpaired) electrons. The van der Waals surface area contributed by atoms with Crippen LogP contribution in [0.2, 0.25) is 0 Å². The van der Waals surface area contributed by atoms with Crippen LogP contribution in [0.5, 0.6) is 0 Å². The number of aromatic nitrogens is 4. The van der Waals surface area contributed by atoms with Gasteiger partial charge in [0.1, 0.15) is 12.4 Å². The van der Waals surface area contributed by atoms with E-state index in [1.165, 1.54) is 35.0 Å². The first-order chi connectivity index (χ1) is 11.1. The lowest BCUT2D eigenvalue weighted by molar-refractivity contribution is -0.117. The fourth-order valence-electron chi connectivity index (χ4n) is 1.98. The van der Waals surface area contributed by atoms with Crippen LogP contribution in [-0.4, -0.2) is 25.5 Å². The van der Waals surface area contributed by atoms with Crippen LogP contribution < -0.4 is 10.9 Å². The van der Waals surface area contributed by atoms with Crippen LogP contribution in [0.1, 0.15) is 0 Å². The van der Waals surface area contributed by atoms with Gasteiger partial charge in [0.15, 0.2) is 5.82 Å². The smallest absolute Gasteiger partial charge is 0.267 e. The number of carbonyl (C=O) groups is 1. The van der Waals surface area contributed by atoms with Crippen molar-refractivity contribution >= 4 is 11.6 Å². The van der Waals surface area contributed by atoms with Crippen molar-refractivity contribution in [1.82, 2.24) is 19.6 Å². The molecule has 23 heavy (non-hydrogen) atoms. The van der Waals surface area contributed by atoms with Crippen molar-refractivity contribution in [3.63, 3.8) is 0 Å². The third-order valence-corrected chi connectivity index (χ3v) is 2.99. The largest absolute Gasteiger partial charge is 0.324 e. The molecule has 0 bridgehead atoms. The molecule has 0 unspecified atom stereocenters. The van der Waals surface area contributed by atoms with Gasteiger partial charge in [0.05, 0.1) is 0 Å². The number of amides is 1. The summed E-state index contributed by atoms with van der Waals surface area (Å²) in [6.45, 7) is -0.287. The normalized spacial score (nSPS) is 10.5. The van der Waals surface area contributed by atoms with Crippen molar-refractivity contribution in [3.8, 4) is 5.82 Å². The predicted octanol–water partition coefficient (Wildman–Crippen LogP) is 1.21. The Morgan fingerprint density at radius 1 is 1.22 bits per heavy atom. The molecule has 8 heteroatoms. The lowest BCUT2D eigenvalue weighted by Crippen LogP contribution is -2.30. The maximum Gasteiger partial charge on any atom is 0.267 e. The zero-order valence-electron chi connectivity index (χ0n) is 11.9. The first-order valence-electron chi connectivity index (χ1n) is 6.75. The molecule has 1 N–H and O–H groups in total. The molecular formula is C15H12FN5O2. The van der Waals surface area contributed by atoms with E-state index in [-0.39, 0.29) is 6.54 Å². The van der Waals surface area contributed by atoms with Gasteiger partial charge in [0.2, 0.25) is 5.91 Å². The maximum atomic E-state index is 13.1. The van der Waals surface area contributed by atoms with Crippen LogP contribution in [-0.2, 0) is 11.3 Å². The van der Waals surface area contributed by atoms with E-state index in [1.807, 2.05) is 0 Å². The second-order valence-corrected chi connectivity index (χ2v) is 4.70. The van der Waals surface area contributed by atoms with Gasteiger partial charge in [0, 0.05) is 24.1 Å². The Labute approximate surface area is 130 Å². The fraction of sp³-hybridized carbons (Fsp3) is 0.0667. The third-order valence-electron chi connectivity index (χ3n) is 2.99. The summed E-state index contributed by atoms with van der Waals surface area (Å²) in [5.74, 6) is -0.533. The Balaban J connectivity index is 1.78. The highest BCUT2D eigenvalue weighted by molar-refractivity contribution is 5.90. The van der Waals surface area contributed by atoms with Gasteiger partial charge in [0.25, 0.3) is 5.56 Å². The summed E-state index contributed by atoms with van der Waals surface area (Å²) in [7, 11) is 0. The summed E-state index contributed by atoms with van der Waals surface area (Å²) in [4.78, 5) is 23.8. The molecule has 1 amide bonds. The molecule has 0 aliphatic rings. The average molecular weight is 313 g/mol. The number of carbonyl (C=O) groups excluding carboxylic acids is 1. The number of hydrogen-bond donors (Lipinski definition) is 1. The van der Waals surface area contributed by atoms with Crippen LogP contribution in [0, 0.1) is 5.82 Å². The summed E-state index contributed by atoms with van der Waals surface area (Å²) in [6.07, 6.45) is 3.25. The summed E-state index contributed by atoms with van der Waals surface area (Å²) in [6, 6.07) is 10.0. The number of halogens is 1. The Morgan fingerprint density at radius 2 is 2.09 bits per heavy atom. The second-order valence-electron chi connectivity index (χ2n) is 4.70. The minimum Gasteiger partial charge on any atom is -0.324 e. The number of nitrogens with zero attached hydrogens (tertiary/aromatic N) is 4. The molecule has 0 aliphatic carbocycles. The lowest BCUT2D eigenvalue weighted by atomic mass is 10.3. The number of anilines is 1. The molecule has 0 aliphatic heterocycles. The zero-order valence-corrected chi connectivity index (χ0v) is 11.9. The zero-order chi connectivity index (χ0) is 16.2. The van der Waals surface area contributed by atoms with Crippen molar-refractivity contribution < 1.29 is 9.18 Å². The number of nitrogens with one attached hydrogen (secondary N) is 1. The minimum absolute atomic E-state index is 0.287. The first kappa shape index (κ1) is 14.6. The average Bonchev–Trinajstić information content (AvgIpc) is 3.04. The number of benzene rings is 1. The molecule has 1 aromatic carbocycles. The summed E-state index contributed by atoms with van der Waals surface area (Å²) >= 11 is 0. The van der Waals surface area contributed by atoms with E-state index in [0.717, 1.165) is 4.68 Å². The van der Waals surface area contributed by atoms with E-state index in [0.29, 0.717) is 11.5 Å². The highest BCUT2D eigenvalue weighted by Crippen LogP contribution is 2.08. The Hall–Kier alpha value is -3.29. The van der Waals surface area contributed by atoms with E-state index in [1.54, 1.807) is 24.5 Å². The van der Waals surface area contributed by atoms with Gasteiger partial charge in [-0.1, -0.05) is 6.07 Å². The van der Waals surface area contributed by atoms with Crippen molar-refractivity contribution in [2.75, 3.05) is 5.32 Å². The van der Waals surface area contributed by atoms with Gasteiger partial charge in [-0.05, 0) is 30.3 Å². The fourth-order valence-corrected chi connectivity index (χ4v) is 1.98.